The maximum absolute atomic E-state index is 3.66. The van der Waals surface area contributed by atoms with Crippen molar-refractivity contribution < 1.29 is 0 Å². The predicted molar refractivity (Wildman–Crippen MR) is 106 cm³/mol. The Hall–Kier alpha value is -1.58. The van der Waals surface area contributed by atoms with Crippen molar-refractivity contribution in [1.29, 1.82) is 0 Å². The van der Waals surface area contributed by atoms with Crippen molar-refractivity contribution in [3.8, 4) is 11.3 Å². The van der Waals surface area contributed by atoms with Crippen LogP contribution in [0.3, 0.4) is 0 Å². The van der Waals surface area contributed by atoms with Crippen molar-refractivity contribution in [2.45, 2.75) is 26.8 Å². The van der Waals surface area contributed by atoms with E-state index < -0.39 is 0 Å². The second-order valence-corrected chi connectivity index (χ2v) is 7.42. The summed E-state index contributed by atoms with van der Waals surface area (Å²) in [7, 11) is 0. The van der Waals surface area contributed by atoms with Crippen molar-refractivity contribution in [2.24, 2.45) is 0 Å². The van der Waals surface area contributed by atoms with E-state index in [1.807, 2.05) is 0 Å². The van der Waals surface area contributed by atoms with Crippen LogP contribution in [0.1, 0.15) is 25.0 Å². The molecule has 0 radical (unpaired) electrons. The van der Waals surface area contributed by atoms with Crippen LogP contribution >= 0.6 is 15.9 Å². The molecule has 0 unspecified atom stereocenters. The highest BCUT2D eigenvalue weighted by atomic mass is 79.9. The van der Waals surface area contributed by atoms with Gasteiger partial charge in [-0.3, -0.25) is 0 Å². The Morgan fingerprint density at radius 1 is 1.08 bits per heavy atom. The molecule has 1 aliphatic heterocycles. The molecule has 0 spiro atoms. The zero-order valence-electron chi connectivity index (χ0n) is 14.3. The van der Waals surface area contributed by atoms with E-state index >= 15 is 0 Å². The molecule has 0 atom stereocenters. The van der Waals surface area contributed by atoms with Gasteiger partial charge in [0.2, 0.25) is 0 Å². The molecule has 0 amide bonds. The average Bonchev–Trinajstić information content (AvgIpc) is 3.11. The Bertz CT molecular complexity index is 890. The van der Waals surface area contributed by atoms with Crippen molar-refractivity contribution in [3.05, 3.63) is 58.1 Å². The van der Waals surface area contributed by atoms with Gasteiger partial charge in [0.15, 0.2) is 0 Å². The summed E-state index contributed by atoms with van der Waals surface area (Å²) in [5.74, 6) is 0. The normalized spacial score (nSPS) is 12.8. The molecule has 24 heavy (non-hydrogen) atoms. The van der Waals surface area contributed by atoms with Crippen LogP contribution in [0.4, 0.5) is 0 Å². The highest BCUT2D eigenvalue weighted by molar-refractivity contribution is 9.10. The molecule has 4 rings (SSSR count). The fraction of sp³-hybridized carbons (Fsp3) is 0.333. The average molecular weight is 383 g/mol. The molecular formula is C21H23BrN2. The number of hydrogen-bond donors (Lipinski definition) is 0. The van der Waals surface area contributed by atoms with Gasteiger partial charge >= 0.3 is 0 Å². The Balaban J connectivity index is 1.87. The van der Waals surface area contributed by atoms with Crippen LogP contribution in [0.5, 0.6) is 0 Å². The Kier molecular flexibility index (Phi) is 4.23. The number of fused-ring (bicyclic) bond motifs is 5. The molecule has 0 bridgehead atoms. The first-order valence-electron chi connectivity index (χ1n) is 8.84. The summed E-state index contributed by atoms with van der Waals surface area (Å²) in [6, 6.07) is 15.6. The van der Waals surface area contributed by atoms with Crippen molar-refractivity contribution in [2.75, 3.05) is 19.6 Å². The van der Waals surface area contributed by atoms with Gasteiger partial charge in [-0.15, -0.1) is 0 Å². The quantitative estimate of drug-likeness (QED) is 0.453. The zero-order valence-corrected chi connectivity index (χ0v) is 15.9. The minimum atomic E-state index is 0.995. The van der Waals surface area contributed by atoms with E-state index in [9.17, 15) is 0 Å². The van der Waals surface area contributed by atoms with Gasteiger partial charge < -0.3 is 9.47 Å². The molecule has 124 valence electrons. The van der Waals surface area contributed by atoms with Crippen molar-refractivity contribution >= 4 is 26.8 Å². The van der Waals surface area contributed by atoms with Gasteiger partial charge in [-0.2, -0.15) is 0 Å². The molecule has 2 nitrogen and oxygen atoms in total. The van der Waals surface area contributed by atoms with E-state index in [4.69, 9.17) is 0 Å². The largest absolute Gasteiger partial charge is 0.336 e. The Labute approximate surface area is 152 Å². The lowest BCUT2D eigenvalue weighted by Crippen LogP contribution is -2.25. The van der Waals surface area contributed by atoms with Crippen LogP contribution in [-0.2, 0) is 13.0 Å². The molecule has 0 saturated heterocycles. The van der Waals surface area contributed by atoms with E-state index in [1.165, 1.54) is 33.3 Å². The minimum Gasteiger partial charge on any atom is -0.336 e. The fourth-order valence-electron chi connectivity index (χ4n) is 3.99. The summed E-state index contributed by atoms with van der Waals surface area (Å²) in [5.41, 5.74) is 7.16. The second-order valence-electron chi connectivity index (χ2n) is 6.51. The molecule has 1 aliphatic rings. The summed E-state index contributed by atoms with van der Waals surface area (Å²) in [6.07, 6.45) is 1.10. The van der Waals surface area contributed by atoms with Crippen LogP contribution in [-0.4, -0.2) is 29.1 Å². The fourth-order valence-corrected chi connectivity index (χ4v) is 4.35. The van der Waals surface area contributed by atoms with Gasteiger partial charge in [0.1, 0.15) is 0 Å². The lowest BCUT2D eigenvalue weighted by Gasteiger charge is -2.18. The van der Waals surface area contributed by atoms with E-state index in [0.29, 0.717) is 0 Å². The van der Waals surface area contributed by atoms with Crippen molar-refractivity contribution in [1.82, 2.24) is 9.47 Å². The molecule has 1 aromatic heterocycles. The number of aromatic nitrogens is 1. The summed E-state index contributed by atoms with van der Waals surface area (Å²) < 4.78 is 3.67. The molecule has 3 heteroatoms. The molecule has 3 aromatic rings. The van der Waals surface area contributed by atoms with Gasteiger partial charge in [-0.05, 0) is 48.8 Å². The monoisotopic (exact) mass is 382 g/mol. The zero-order chi connectivity index (χ0) is 16.7. The Morgan fingerprint density at radius 3 is 2.67 bits per heavy atom. The summed E-state index contributed by atoms with van der Waals surface area (Å²) >= 11 is 3.66. The third kappa shape index (κ3) is 2.51. The molecule has 0 fully saturated rings. The SMILES string of the molecule is CCN(CC)CCc1c2n(c3ccc(Br)cc13)Cc1ccccc1-2. The van der Waals surface area contributed by atoms with Gasteiger partial charge in [-0.25, -0.2) is 0 Å². The van der Waals surface area contributed by atoms with Crippen LogP contribution in [0.2, 0.25) is 0 Å². The highest BCUT2D eigenvalue weighted by Crippen LogP contribution is 2.41. The van der Waals surface area contributed by atoms with Crippen LogP contribution in [0, 0.1) is 0 Å². The maximum atomic E-state index is 3.66. The number of nitrogens with zero attached hydrogens (tertiary/aromatic N) is 2. The molecule has 0 aliphatic carbocycles. The van der Waals surface area contributed by atoms with E-state index in [2.05, 4.69) is 81.7 Å². The van der Waals surface area contributed by atoms with E-state index in [-0.39, 0.29) is 0 Å². The predicted octanol–water partition coefficient (Wildman–Crippen LogP) is 5.32. The molecular weight excluding hydrogens is 360 g/mol. The van der Waals surface area contributed by atoms with Gasteiger partial charge in [0.25, 0.3) is 0 Å². The number of benzene rings is 2. The lowest BCUT2D eigenvalue weighted by molar-refractivity contribution is 0.308. The van der Waals surface area contributed by atoms with Crippen LogP contribution < -0.4 is 0 Å². The third-order valence-corrected chi connectivity index (χ3v) is 5.80. The molecule has 2 heterocycles. The molecule has 2 aromatic carbocycles. The number of rotatable bonds is 5. The third-order valence-electron chi connectivity index (χ3n) is 5.30. The van der Waals surface area contributed by atoms with Gasteiger partial charge in [0, 0.05) is 34.0 Å². The first-order valence-corrected chi connectivity index (χ1v) is 9.63. The standard InChI is InChI=1S/C21H23BrN2/c1-3-23(4-2)12-11-18-19-13-16(22)9-10-20(19)24-14-15-7-5-6-8-17(15)21(18)24/h5-10,13H,3-4,11-12,14H2,1-2H3. The first-order chi connectivity index (χ1) is 11.7. The van der Waals surface area contributed by atoms with Crippen LogP contribution in [0.15, 0.2) is 46.9 Å². The second kappa shape index (κ2) is 6.38. The summed E-state index contributed by atoms with van der Waals surface area (Å²) in [6.45, 7) is 8.84. The van der Waals surface area contributed by atoms with Gasteiger partial charge in [-0.1, -0.05) is 54.0 Å². The number of likely N-dealkylation sites (N-methyl/N-ethyl adjacent to an activating group) is 1. The molecule has 0 saturated carbocycles. The topological polar surface area (TPSA) is 8.17 Å². The van der Waals surface area contributed by atoms with E-state index in [0.717, 1.165) is 37.1 Å². The maximum Gasteiger partial charge on any atom is 0.0531 e. The molecule has 0 N–H and O–H groups in total. The highest BCUT2D eigenvalue weighted by Gasteiger charge is 2.25. The van der Waals surface area contributed by atoms with Crippen molar-refractivity contribution in [3.63, 3.8) is 0 Å². The number of halogens is 1. The Morgan fingerprint density at radius 2 is 1.88 bits per heavy atom. The smallest absolute Gasteiger partial charge is 0.0531 e. The summed E-state index contributed by atoms with van der Waals surface area (Å²) in [5, 5.41) is 1.40. The van der Waals surface area contributed by atoms with Gasteiger partial charge in [0.05, 0.1) is 5.69 Å². The summed E-state index contributed by atoms with van der Waals surface area (Å²) in [4.78, 5) is 2.51. The lowest BCUT2D eigenvalue weighted by atomic mass is 10.00. The first kappa shape index (κ1) is 15.9. The van der Waals surface area contributed by atoms with Crippen LogP contribution in [0.25, 0.3) is 22.2 Å². The minimum absolute atomic E-state index is 0.995. The van der Waals surface area contributed by atoms with E-state index in [1.54, 1.807) is 0 Å². The number of hydrogen-bond acceptors (Lipinski definition) is 1.